The van der Waals surface area contributed by atoms with Crippen LogP contribution in [0.15, 0.2) is 43.4 Å². The molecule has 10 heteroatoms. The van der Waals surface area contributed by atoms with Gasteiger partial charge in [-0.3, -0.25) is 0 Å². The van der Waals surface area contributed by atoms with E-state index >= 15 is 0 Å². The second-order valence-corrected chi connectivity index (χ2v) is 8.87. The van der Waals surface area contributed by atoms with Gasteiger partial charge in [-0.15, -0.1) is 5.10 Å². The van der Waals surface area contributed by atoms with E-state index in [-0.39, 0.29) is 0 Å². The molecule has 2 N–H and O–H groups in total. The van der Waals surface area contributed by atoms with E-state index in [2.05, 4.69) is 32.2 Å². The number of H-pyrrole nitrogens is 1. The van der Waals surface area contributed by atoms with E-state index in [1.54, 1.807) is 18.6 Å². The number of hydrogen-bond acceptors (Lipinski definition) is 5. The Balaban J connectivity index is 1.19. The number of aromatic nitrogens is 5. The highest BCUT2D eigenvalue weighted by Crippen LogP contribution is 2.49. The molecule has 1 aliphatic heterocycles. The van der Waals surface area contributed by atoms with Gasteiger partial charge in [0.2, 0.25) is 0 Å². The number of hydrogen-bond donors (Lipinski definition) is 2. The zero-order valence-electron chi connectivity index (χ0n) is 17.6. The van der Waals surface area contributed by atoms with Crippen molar-refractivity contribution in [2.24, 2.45) is 5.41 Å². The number of halogens is 3. The molecule has 33 heavy (non-hydrogen) atoms. The molecule has 0 amide bonds. The minimum absolute atomic E-state index is 0.366. The molecule has 2 fully saturated rings. The zero-order chi connectivity index (χ0) is 22.7. The van der Waals surface area contributed by atoms with Crippen molar-refractivity contribution in [3.63, 3.8) is 0 Å². The number of nitrogens with zero attached hydrogens (tertiary/aromatic N) is 5. The number of anilines is 2. The van der Waals surface area contributed by atoms with Gasteiger partial charge in [0.25, 0.3) is 0 Å². The van der Waals surface area contributed by atoms with Crippen LogP contribution < -0.4 is 10.2 Å². The SMILES string of the molecule is C=C(Nc1c[nH]c2cc(F)c(F)cc12)c1cn(-c2cnc(N3CC4(CCC4)C3)c(F)c2)nn1. The fraction of sp³-hybridized carbons (Fsp3) is 0.261. The van der Waals surface area contributed by atoms with Gasteiger partial charge in [-0.1, -0.05) is 18.2 Å². The Kier molecular flexibility index (Phi) is 4.26. The van der Waals surface area contributed by atoms with Crippen molar-refractivity contribution < 1.29 is 13.2 Å². The van der Waals surface area contributed by atoms with Crippen molar-refractivity contribution in [2.45, 2.75) is 19.3 Å². The second-order valence-electron chi connectivity index (χ2n) is 8.87. The Morgan fingerprint density at radius 3 is 2.61 bits per heavy atom. The molecule has 0 atom stereocenters. The first-order chi connectivity index (χ1) is 15.9. The van der Waals surface area contributed by atoms with Gasteiger partial charge >= 0.3 is 0 Å². The Bertz CT molecular complexity index is 1390. The molecule has 7 nitrogen and oxygen atoms in total. The first-order valence-corrected chi connectivity index (χ1v) is 10.7. The molecule has 0 radical (unpaired) electrons. The quantitative estimate of drug-likeness (QED) is 0.463. The topological polar surface area (TPSA) is 74.7 Å². The Morgan fingerprint density at radius 2 is 1.88 bits per heavy atom. The van der Waals surface area contributed by atoms with Gasteiger partial charge in [0.05, 0.1) is 35.0 Å². The van der Waals surface area contributed by atoms with Crippen LogP contribution in [0, 0.1) is 22.9 Å². The molecule has 1 aromatic carbocycles. The van der Waals surface area contributed by atoms with Crippen molar-refractivity contribution >= 4 is 28.1 Å². The van der Waals surface area contributed by atoms with Crippen LogP contribution in [-0.2, 0) is 0 Å². The predicted molar refractivity (Wildman–Crippen MR) is 118 cm³/mol. The van der Waals surface area contributed by atoms with Crippen LogP contribution in [-0.4, -0.2) is 38.1 Å². The number of benzene rings is 1. The van der Waals surface area contributed by atoms with E-state index in [0.717, 1.165) is 25.2 Å². The molecule has 1 saturated carbocycles. The minimum atomic E-state index is -0.944. The number of rotatable bonds is 5. The van der Waals surface area contributed by atoms with Gasteiger partial charge in [-0.2, -0.15) is 0 Å². The molecular weight excluding hydrogens is 431 g/mol. The molecular formula is C23H20F3N7. The van der Waals surface area contributed by atoms with Crippen LogP contribution in [0.3, 0.4) is 0 Å². The van der Waals surface area contributed by atoms with Crippen molar-refractivity contribution in [3.05, 3.63) is 66.5 Å². The second kappa shape index (κ2) is 7.09. The maximum atomic E-state index is 14.8. The summed E-state index contributed by atoms with van der Waals surface area (Å²) in [5.74, 6) is -1.91. The molecule has 168 valence electrons. The first-order valence-electron chi connectivity index (χ1n) is 10.7. The Labute approximate surface area is 186 Å². The zero-order valence-corrected chi connectivity index (χ0v) is 17.6. The first kappa shape index (κ1) is 19.8. The lowest BCUT2D eigenvalue weighted by molar-refractivity contribution is 0.0889. The van der Waals surface area contributed by atoms with E-state index < -0.39 is 17.5 Å². The fourth-order valence-corrected chi connectivity index (χ4v) is 4.66. The normalized spacial score (nSPS) is 16.6. The van der Waals surface area contributed by atoms with E-state index in [1.807, 2.05) is 4.90 Å². The summed E-state index contributed by atoms with van der Waals surface area (Å²) in [4.78, 5) is 9.18. The van der Waals surface area contributed by atoms with E-state index in [4.69, 9.17) is 0 Å². The number of aromatic amines is 1. The van der Waals surface area contributed by atoms with Gasteiger partial charge in [-0.25, -0.2) is 22.8 Å². The van der Waals surface area contributed by atoms with Crippen molar-refractivity contribution in [1.29, 1.82) is 0 Å². The maximum absolute atomic E-state index is 14.8. The molecule has 0 unspecified atom stereocenters. The van der Waals surface area contributed by atoms with Gasteiger partial charge in [-0.05, 0) is 18.9 Å². The Morgan fingerprint density at radius 1 is 1.09 bits per heavy atom. The third-order valence-electron chi connectivity index (χ3n) is 6.65. The van der Waals surface area contributed by atoms with Crippen LogP contribution >= 0.6 is 0 Å². The predicted octanol–water partition coefficient (Wildman–Crippen LogP) is 4.63. The summed E-state index contributed by atoms with van der Waals surface area (Å²) in [5.41, 5.74) is 2.58. The minimum Gasteiger partial charge on any atom is -0.359 e. The van der Waals surface area contributed by atoms with Crippen molar-refractivity contribution in [2.75, 3.05) is 23.3 Å². The smallest absolute Gasteiger partial charge is 0.167 e. The van der Waals surface area contributed by atoms with Crippen LogP contribution in [0.5, 0.6) is 0 Å². The lowest BCUT2D eigenvalue weighted by atomic mass is 9.63. The van der Waals surface area contributed by atoms with Gasteiger partial charge in [0, 0.05) is 42.2 Å². The highest BCUT2D eigenvalue weighted by molar-refractivity contribution is 5.95. The lowest BCUT2D eigenvalue weighted by Crippen LogP contribution is -2.60. The molecule has 2 aliphatic rings. The summed E-state index contributed by atoms with van der Waals surface area (Å²) < 4.78 is 43.2. The Hall–Kier alpha value is -3.82. The van der Waals surface area contributed by atoms with Crippen LogP contribution in [0.1, 0.15) is 25.0 Å². The summed E-state index contributed by atoms with van der Waals surface area (Å²) in [6, 6.07) is 3.58. The average molecular weight is 451 g/mol. The third-order valence-corrected chi connectivity index (χ3v) is 6.65. The van der Waals surface area contributed by atoms with Gasteiger partial charge in [0.1, 0.15) is 5.69 Å². The van der Waals surface area contributed by atoms with E-state index in [0.29, 0.717) is 44.9 Å². The number of pyridine rings is 1. The molecule has 4 heterocycles. The third kappa shape index (κ3) is 3.24. The highest BCUT2D eigenvalue weighted by Gasteiger charge is 2.48. The van der Waals surface area contributed by atoms with Gasteiger partial charge < -0.3 is 15.2 Å². The number of nitrogens with one attached hydrogen (secondary N) is 2. The van der Waals surface area contributed by atoms with Crippen molar-refractivity contribution in [1.82, 2.24) is 25.0 Å². The van der Waals surface area contributed by atoms with E-state index in [1.165, 1.54) is 30.0 Å². The fourth-order valence-electron chi connectivity index (χ4n) is 4.66. The monoisotopic (exact) mass is 451 g/mol. The average Bonchev–Trinajstić information content (AvgIpc) is 3.36. The van der Waals surface area contributed by atoms with Crippen LogP contribution in [0.2, 0.25) is 0 Å². The summed E-state index contributed by atoms with van der Waals surface area (Å²) in [7, 11) is 0. The molecule has 6 rings (SSSR count). The van der Waals surface area contributed by atoms with Gasteiger partial charge in [0.15, 0.2) is 23.3 Å². The maximum Gasteiger partial charge on any atom is 0.167 e. The molecule has 4 aromatic rings. The summed E-state index contributed by atoms with van der Waals surface area (Å²) >= 11 is 0. The highest BCUT2D eigenvalue weighted by atomic mass is 19.2. The summed E-state index contributed by atoms with van der Waals surface area (Å²) in [6.45, 7) is 5.67. The molecule has 3 aromatic heterocycles. The summed E-state index contributed by atoms with van der Waals surface area (Å²) in [5, 5.41) is 11.6. The molecule has 0 bridgehead atoms. The van der Waals surface area contributed by atoms with Crippen LogP contribution in [0.25, 0.3) is 22.3 Å². The summed E-state index contributed by atoms with van der Waals surface area (Å²) in [6.07, 6.45) is 8.43. The molecule has 1 aliphatic carbocycles. The standard InChI is InChI=1S/C23H20F3N7/c1-13(29-20-9-27-19-7-17(25)16(24)6-15(19)20)21-10-33(31-30-21)14-5-18(26)22(28-8-14)32-11-23(12-32)3-2-4-23/h5-10,27,29H,1-4,11-12H2. The lowest BCUT2D eigenvalue weighted by Gasteiger charge is -2.56. The van der Waals surface area contributed by atoms with Crippen molar-refractivity contribution in [3.8, 4) is 5.69 Å². The van der Waals surface area contributed by atoms with Crippen LogP contribution in [0.4, 0.5) is 24.7 Å². The van der Waals surface area contributed by atoms with E-state index in [9.17, 15) is 13.2 Å². The number of fused-ring (bicyclic) bond motifs is 1. The largest absolute Gasteiger partial charge is 0.359 e. The molecule has 1 saturated heterocycles. The molecule has 1 spiro atoms.